The molecule has 2 amide bonds. The smallest absolute Gasteiger partial charge is 0.272 e. The van der Waals surface area contributed by atoms with E-state index in [9.17, 15) is 9.59 Å². The van der Waals surface area contributed by atoms with E-state index in [0.29, 0.717) is 17.6 Å². The summed E-state index contributed by atoms with van der Waals surface area (Å²) < 4.78 is 6.98. The van der Waals surface area contributed by atoms with Crippen molar-refractivity contribution in [1.29, 1.82) is 0 Å². The van der Waals surface area contributed by atoms with Crippen LogP contribution in [0.5, 0.6) is 5.88 Å². The van der Waals surface area contributed by atoms with Gasteiger partial charge in [0.2, 0.25) is 5.88 Å². The number of carbonyl (C=O) groups excluding carboxylic acids is 2. The number of nitrogens with one attached hydrogen (secondary N) is 1. The van der Waals surface area contributed by atoms with Crippen LogP contribution in [0.15, 0.2) is 6.07 Å². The van der Waals surface area contributed by atoms with E-state index in [1.165, 1.54) is 4.68 Å². The molecule has 1 aliphatic heterocycles. The highest BCUT2D eigenvalue weighted by Crippen LogP contribution is 2.20. The molecule has 0 atom stereocenters. The fourth-order valence-corrected chi connectivity index (χ4v) is 2.38. The number of amides is 2. The Hall–Kier alpha value is -2.05. The molecular weight excluding hydrogens is 272 g/mol. The Morgan fingerprint density at radius 3 is 2.76 bits per heavy atom. The molecule has 3 rings (SSSR count). The minimum atomic E-state index is -0.186. The molecule has 2 heterocycles. The molecule has 21 heavy (non-hydrogen) atoms. The van der Waals surface area contributed by atoms with Gasteiger partial charge in [0.1, 0.15) is 0 Å². The van der Waals surface area contributed by atoms with E-state index in [4.69, 9.17) is 4.74 Å². The standard InChI is InChI=1S/C14H20N4O3/c1-17-13(21-9-12(19)18-6-2-3-7-18)8-11(16-17)14(20)15-10-4-5-10/h8,10H,2-7,9H2,1H3,(H,15,20). The van der Waals surface area contributed by atoms with E-state index < -0.39 is 0 Å². The van der Waals surface area contributed by atoms with Gasteiger partial charge in [0.05, 0.1) is 0 Å². The summed E-state index contributed by atoms with van der Waals surface area (Å²) in [7, 11) is 1.70. The lowest BCUT2D eigenvalue weighted by molar-refractivity contribution is -0.132. The Labute approximate surface area is 123 Å². The van der Waals surface area contributed by atoms with Crippen LogP contribution in [0, 0.1) is 0 Å². The quantitative estimate of drug-likeness (QED) is 0.847. The van der Waals surface area contributed by atoms with Gasteiger partial charge in [0.15, 0.2) is 12.3 Å². The fourth-order valence-electron chi connectivity index (χ4n) is 2.38. The van der Waals surface area contributed by atoms with Crippen LogP contribution in [0.1, 0.15) is 36.2 Å². The summed E-state index contributed by atoms with van der Waals surface area (Å²) in [5, 5.41) is 7.00. The fraction of sp³-hybridized carbons (Fsp3) is 0.643. The van der Waals surface area contributed by atoms with Crippen molar-refractivity contribution in [1.82, 2.24) is 20.0 Å². The maximum absolute atomic E-state index is 11.9. The third-order valence-electron chi connectivity index (χ3n) is 3.78. The van der Waals surface area contributed by atoms with Gasteiger partial charge in [-0.1, -0.05) is 0 Å². The molecule has 1 aliphatic carbocycles. The maximum atomic E-state index is 11.9. The Morgan fingerprint density at radius 1 is 1.38 bits per heavy atom. The normalized spacial score (nSPS) is 17.9. The van der Waals surface area contributed by atoms with Crippen molar-refractivity contribution in [2.24, 2.45) is 7.05 Å². The Kier molecular flexibility index (Phi) is 3.81. The van der Waals surface area contributed by atoms with Gasteiger partial charge in [0, 0.05) is 32.2 Å². The van der Waals surface area contributed by atoms with Gasteiger partial charge in [0.25, 0.3) is 11.8 Å². The second kappa shape index (κ2) is 5.75. The zero-order valence-electron chi connectivity index (χ0n) is 12.2. The van der Waals surface area contributed by atoms with Crippen LogP contribution in [-0.4, -0.2) is 52.2 Å². The van der Waals surface area contributed by atoms with Gasteiger partial charge in [-0.2, -0.15) is 5.10 Å². The molecule has 2 aliphatic rings. The van der Waals surface area contributed by atoms with E-state index in [1.54, 1.807) is 18.0 Å². The minimum Gasteiger partial charge on any atom is -0.468 e. The summed E-state index contributed by atoms with van der Waals surface area (Å²) in [6.07, 6.45) is 4.18. The molecule has 0 aromatic carbocycles. The topological polar surface area (TPSA) is 76.5 Å². The van der Waals surface area contributed by atoms with Gasteiger partial charge in [-0.15, -0.1) is 0 Å². The number of nitrogens with zero attached hydrogens (tertiary/aromatic N) is 3. The molecule has 0 bridgehead atoms. The van der Waals surface area contributed by atoms with Gasteiger partial charge < -0.3 is 15.0 Å². The van der Waals surface area contributed by atoms with Crippen LogP contribution in [-0.2, 0) is 11.8 Å². The highest BCUT2D eigenvalue weighted by molar-refractivity contribution is 5.93. The summed E-state index contributed by atoms with van der Waals surface area (Å²) in [6.45, 7) is 1.61. The van der Waals surface area contributed by atoms with Crippen molar-refractivity contribution in [2.75, 3.05) is 19.7 Å². The summed E-state index contributed by atoms with van der Waals surface area (Å²) in [5.74, 6) is 0.231. The number of aryl methyl sites for hydroxylation is 1. The Balaban J connectivity index is 1.56. The van der Waals surface area contributed by atoms with Crippen LogP contribution < -0.4 is 10.1 Å². The predicted octanol–water partition coefficient (Wildman–Crippen LogP) is 0.313. The summed E-state index contributed by atoms with van der Waals surface area (Å²) in [5.41, 5.74) is 0.327. The summed E-state index contributed by atoms with van der Waals surface area (Å²) in [4.78, 5) is 25.6. The van der Waals surface area contributed by atoms with Crippen LogP contribution >= 0.6 is 0 Å². The number of hydrogen-bond donors (Lipinski definition) is 1. The molecule has 0 unspecified atom stereocenters. The Morgan fingerprint density at radius 2 is 2.10 bits per heavy atom. The lowest BCUT2D eigenvalue weighted by Crippen LogP contribution is -2.32. The highest BCUT2D eigenvalue weighted by Gasteiger charge is 2.25. The van der Waals surface area contributed by atoms with E-state index in [0.717, 1.165) is 38.8 Å². The number of hydrogen-bond acceptors (Lipinski definition) is 4. The average Bonchev–Trinajstić information content (AvgIpc) is 2.98. The molecular formula is C14H20N4O3. The Bertz CT molecular complexity index is 544. The second-order valence-corrected chi connectivity index (χ2v) is 5.62. The second-order valence-electron chi connectivity index (χ2n) is 5.62. The monoisotopic (exact) mass is 292 g/mol. The number of ether oxygens (including phenoxy) is 1. The highest BCUT2D eigenvalue weighted by atomic mass is 16.5. The number of aromatic nitrogens is 2. The van der Waals surface area contributed by atoms with Gasteiger partial charge in [-0.25, -0.2) is 4.68 Å². The number of rotatable bonds is 5. The molecule has 1 saturated heterocycles. The minimum absolute atomic E-state index is 0.0107. The zero-order chi connectivity index (χ0) is 14.8. The van der Waals surface area contributed by atoms with Crippen molar-refractivity contribution in [2.45, 2.75) is 31.7 Å². The van der Waals surface area contributed by atoms with Crippen LogP contribution in [0.25, 0.3) is 0 Å². The molecule has 1 N–H and O–H groups in total. The number of likely N-dealkylation sites (tertiary alicyclic amines) is 1. The molecule has 7 heteroatoms. The maximum Gasteiger partial charge on any atom is 0.272 e. The van der Waals surface area contributed by atoms with Crippen molar-refractivity contribution < 1.29 is 14.3 Å². The molecule has 0 radical (unpaired) electrons. The van der Waals surface area contributed by atoms with Crippen molar-refractivity contribution in [3.8, 4) is 5.88 Å². The molecule has 1 aromatic heterocycles. The van der Waals surface area contributed by atoms with Crippen LogP contribution in [0.2, 0.25) is 0 Å². The SMILES string of the molecule is Cn1nc(C(=O)NC2CC2)cc1OCC(=O)N1CCCC1. The lowest BCUT2D eigenvalue weighted by Gasteiger charge is -2.15. The molecule has 2 fully saturated rings. The van der Waals surface area contributed by atoms with E-state index >= 15 is 0 Å². The first-order valence-corrected chi connectivity index (χ1v) is 7.39. The van der Waals surface area contributed by atoms with Crippen LogP contribution in [0.4, 0.5) is 0 Å². The number of carbonyl (C=O) groups is 2. The molecule has 7 nitrogen and oxygen atoms in total. The van der Waals surface area contributed by atoms with Gasteiger partial charge >= 0.3 is 0 Å². The first kappa shape index (κ1) is 13.9. The van der Waals surface area contributed by atoms with E-state index in [2.05, 4.69) is 10.4 Å². The molecule has 114 valence electrons. The van der Waals surface area contributed by atoms with E-state index in [-0.39, 0.29) is 18.4 Å². The first-order chi connectivity index (χ1) is 10.1. The van der Waals surface area contributed by atoms with Crippen LogP contribution in [0.3, 0.4) is 0 Å². The average molecular weight is 292 g/mol. The molecule has 1 saturated carbocycles. The van der Waals surface area contributed by atoms with E-state index in [1.807, 2.05) is 0 Å². The first-order valence-electron chi connectivity index (χ1n) is 7.39. The van der Waals surface area contributed by atoms with Crippen molar-refractivity contribution in [3.05, 3.63) is 11.8 Å². The summed E-state index contributed by atoms with van der Waals surface area (Å²) >= 11 is 0. The third-order valence-corrected chi connectivity index (χ3v) is 3.78. The van der Waals surface area contributed by atoms with Crippen molar-refractivity contribution >= 4 is 11.8 Å². The third kappa shape index (κ3) is 3.34. The summed E-state index contributed by atoms with van der Waals surface area (Å²) in [6, 6.07) is 1.87. The molecule has 0 spiro atoms. The largest absolute Gasteiger partial charge is 0.468 e. The molecule has 1 aromatic rings. The van der Waals surface area contributed by atoms with Gasteiger partial charge in [-0.3, -0.25) is 9.59 Å². The predicted molar refractivity (Wildman–Crippen MR) is 75.0 cm³/mol. The lowest BCUT2D eigenvalue weighted by atomic mass is 10.4. The zero-order valence-corrected chi connectivity index (χ0v) is 12.2. The van der Waals surface area contributed by atoms with Gasteiger partial charge in [-0.05, 0) is 25.7 Å². The van der Waals surface area contributed by atoms with Crippen molar-refractivity contribution in [3.63, 3.8) is 0 Å².